The summed E-state index contributed by atoms with van der Waals surface area (Å²) in [6.45, 7) is 3.86. The highest BCUT2D eigenvalue weighted by Crippen LogP contribution is 2.14. The Morgan fingerprint density at radius 2 is 2.08 bits per heavy atom. The molecule has 25 heavy (non-hydrogen) atoms. The van der Waals surface area contributed by atoms with Crippen LogP contribution in [-0.2, 0) is 11.3 Å². The molecule has 0 saturated carbocycles. The van der Waals surface area contributed by atoms with E-state index in [-0.39, 0.29) is 6.03 Å². The SMILES string of the molecule is CN=C(NCCCOC)NCc1cccc(NC(=O)N2CCCC2)c1. The zero-order valence-corrected chi connectivity index (χ0v) is 15.2. The first-order valence-electron chi connectivity index (χ1n) is 8.81. The van der Waals surface area contributed by atoms with Crippen molar-refractivity contribution in [2.75, 3.05) is 45.7 Å². The number of benzene rings is 1. The van der Waals surface area contributed by atoms with Crippen molar-refractivity contribution in [3.05, 3.63) is 29.8 Å². The van der Waals surface area contributed by atoms with Crippen LogP contribution in [0.3, 0.4) is 0 Å². The van der Waals surface area contributed by atoms with Crippen LogP contribution < -0.4 is 16.0 Å². The number of ether oxygens (including phenoxy) is 1. The number of carbonyl (C=O) groups excluding carboxylic acids is 1. The second-order valence-electron chi connectivity index (χ2n) is 6.02. The van der Waals surface area contributed by atoms with Gasteiger partial charge in [-0.15, -0.1) is 0 Å². The van der Waals surface area contributed by atoms with Gasteiger partial charge in [0.05, 0.1) is 0 Å². The van der Waals surface area contributed by atoms with E-state index in [0.29, 0.717) is 6.54 Å². The van der Waals surface area contributed by atoms with Gasteiger partial charge in [-0.1, -0.05) is 12.1 Å². The Balaban J connectivity index is 1.80. The Labute approximate surface area is 149 Å². The average molecular weight is 347 g/mol. The van der Waals surface area contributed by atoms with E-state index in [2.05, 4.69) is 20.9 Å². The number of amides is 2. The average Bonchev–Trinajstić information content (AvgIpc) is 3.16. The number of nitrogens with one attached hydrogen (secondary N) is 3. The van der Waals surface area contributed by atoms with Gasteiger partial charge in [-0.05, 0) is 37.0 Å². The van der Waals surface area contributed by atoms with Crippen LogP contribution in [0.4, 0.5) is 10.5 Å². The standard InChI is InChI=1S/C18H29N5O2/c1-19-17(20-9-6-12-25-2)21-14-15-7-5-8-16(13-15)22-18(24)23-10-3-4-11-23/h5,7-8,13H,3-4,6,9-12,14H2,1-2H3,(H,22,24)(H2,19,20,21). The van der Waals surface area contributed by atoms with Gasteiger partial charge in [0.25, 0.3) is 0 Å². The summed E-state index contributed by atoms with van der Waals surface area (Å²) in [6, 6.07) is 7.86. The quantitative estimate of drug-likeness (QED) is 0.401. The number of likely N-dealkylation sites (tertiary alicyclic amines) is 1. The lowest BCUT2D eigenvalue weighted by Crippen LogP contribution is -2.37. The summed E-state index contributed by atoms with van der Waals surface area (Å²) in [5.74, 6) is 0.752. The number of aliphatic imine (C=N–C) groups is 1. The van der Waals surface area contributed by atoms with Crippen molar-refractivity contribution in [2.45, 2.75) is 25.8 Å². The summed E-state index contributed by atoms with van der Waals surface area (Å²) in [6.07, 6.45) is 3.11. The Morgan fingerprint density at radius 1 is 1.28 bits per heavy atom. The highest BCUT2D eigenvalue weighted by Gasteiger charge is 2.17. The molecule has 1 saturated heterocycles. The van der Waals surface area contributed by atoms with Crippen molar-refractivity contribution in [3.8, 4) is 0 Å². The van der Waals surface area contributed by atoms with E-state index in [9.17, 15) is 4.79 Å². The summed E-state index contributed by atoms with van der Waals surface area (Å²) < 4.78 is 5.03. The molecule has 0 atom stereocenters. The molecular weight excluding hydrogens is 318 g/mol. The van der Waals surface area contributed by atoms with Gasteiger partial charge in [0, 0.05) is 52.6 Å². The van der Waals surface area contributed by atoms with Gasteiger partial charge in [-0.25, -0.2) is 4.79 Å². The number of hydrogen-bond acceptors (Lipinski definition) is 3. The third-order valence-electron chi connectivity index (χ3n) is 4.07. The van der Waals surface area contributed by atoms with Gasteiger partial charge in [0.2, 0.25) is 0 Å². The zero-order valence-electron chi connectivity index (χ0n) is 15.2. The van der Waals surface area contributed by atoms with Crippen molar-refractivity contribution in [1.82, 2.24) is 15.5 Å². The van der Waals surface area contributed by atoms with E-state index in [1.54, 1.807) is 14.2 Å². The predicted molar refractivity (Wildman–Crippen MR) is 101 cm³/mol. The third kappa shape index (κ3) is 6.62. The minimum absolute atomic E-state index is 0.0155. The minimum atomic E-state index is -0.0155. The number of urea groups is 1. The summed E-state index contributed by atoms with van der Waals surface area (Å²) in [4.78, 5) is 18.2. The maximum absolute atomic E-state index is 12.2. The van der Waals surface area contributed by atoms with Crippen LogP contribution in [0, 0.1) is 0 Å². The van der Waals surface area contributed by atoms with Gasteiger partial charge in [-0.3, -0.25) is 4.99 Å². The van der Waals surface area contributed by atoms with E-state index in [4.69, 9.17) is 4.74 Å². The fourth-order valence-corrected chi connectivity index (χ4v) is 2.71. The van der Waals surface area contributed by atoms with Gasteiger partial charge in [0.1, 0.15) is 0 Å². The molecule has 7 heteroatoms. The molecule has 7 nitrogen and oxygen atoms in total. The van der Waals surface area contributed by atoms with Gasteiger partial charge in [0.15, 0.2) is 5.96 Å². The Bertz CT molecular complexity index is 570. The number of rotatable bonds is 7. The van der Waals surface area contributed by atoms with E-state index in [1.807, 2.05) is 29.2 Å². The van der Waals surface area contributed by atoms with Crippen LogP contribution in [0.15, 0.2) is 29.3 Å². The van der Waals surface area contributed by atoms with E-state index in [0.717, 1.165) is 62.7 Å². The van der Waals surface area contributed by atoms with Crippen molar-refractivity contribution >= 4 is 17.7 Å². The molecule has 0 bridgehead atoms. The molecule has 2 rings (SSSR count). The van der Waals surface area contributed by atoms with E-state index < -0.39 is 0 Å². The Hall–Kier alpha value is -2.28. The number of anilines is 1. The van der Waals surface area contributed by atoms with Gasteiger partial charge < -0.3 is 25.6 Å². The van der Waals surface area contributed by atoms with Crippen molar-refractivity contribution in [2.24, 2.45) is 4.99 Å². The topological polar surface area (TPSA) is 78.0 Å². The lowest BCUT2D eigenvalue weighted by molar-refractivity contribution is 0.195. The number of guanidine groups is 1. The number of carbonyl (C=O) groups is 1. The number of hydrogen-bond donors (Lipinski definition) is 3. The maximum atomic E-state index is 12.2. The van der Waals surface area contributed by atoms with Gasteiger partial charge in [-0.2, -0.15) is 0 Å². The molecule has 1 fully saturated rings. The van der Waals surface area contributed by atoms with Crippen LogP contribution in [0.2, 0.25) is 0 Å². The minimum Gasteiger partial charge on any atom is -0.385 e. The van der Waals surface area contributed by atoms with Crippen molar-refractivity contribution < 1.29 is 9.53 Å². The second kappa shape index (κ2) is 10.6. The first kappa shape index (κ1) is 19.1. The Kier molecular flexibility index (Phi) is 8.04. The van der Waals surface area contributed by atoms with E-state index in [1.165, 1.54) is 0 Å². The molecule has 1 aliphatic heterocycles. The molecule has 3 N–H and O–H groups in total. The third-order valence-corrected chi connectivity index (χ3v) is 4.07. The zero-order chi connectivity index (χ0) is 17.9. The molecule has 1 aliphatic rings. The maximum Gasteiger partial charge on any atom is 0.321 e. The molecular formula is C18H29N5O2. The predicted octanol–water partition coefficient (Wildman–Crippen LogP) is 2.02. The van der Waals surface area contributed by atoms with E-state index >= 15 is 0 Å². The monoisotopic (exact) mass is 347 g/mol. The largest absolute Gasteiger partial charge is 0.385 e. The molecule has 1 aromatic rings. The molecule has 138 valence electrons. The summed E-state index contributed by atoms with van der Waals surface area (Å²) in [5, 5.41) is 9.49. The molecule has 0 spiro atoms. The summed E-state index contributed by atoms with van der Waals surface area (Å²) in [7, 11) is 3.45. The molecule has 2 amide bonds. The highest BCUT2D eigenvalue weighted by atomic mass is 16.5. The van der Waals surface area contributed by atoms with Crippen LogP contribution >= 0.6 is 0 Å². The fraction of sp³-hybridized carbons (Fsp3) is 0.556. The molecule has 1 aromatic carbocycles. The van der Waals surface area contributed by atoms with Crippen molar-refractivity contribution in [3.63, 3.8) is 0 Å². The molecule has 0 radical (unpaired) electrons. The summed E-state index contributed by atoms with van der Waals surface area (Å²) in [5.41, 5.74) is 1.90. The van der Waals surface area contributed by atoms with Crippen LogP contribution in [0.1, 0.15) is 24.8 Å². The number of methoxy groups -OCH3 is 1. The Morgan fingerprint density at radius 3 is 2.80 bits per heavy atom. The number of nitrogens with zero attached hydrogens (tertiary/aromatic N) is 2. The first-order valence-corrected chi connectivity index (χ1v) is 8.81. The smallest absolute Gasteiger partial charge is 0.321 e. The van der Waals surface area contributed by atoms with Crippen LogP contribution in [0.5, 0.6) is 0 Å². The molecule has 0 unspecified atom stereocenters. The second-order valence-corrected chi connectivity index (χ2v) is 6.02. The highest BCUT2D eigenvalue weighted by molar-refractivity contribution is 5.89. The lowest BCUT2D eigenvalue weighted by Gasteiger charge is -2.17. The molecule has 0 aliphatic carbocycles. The van der Waals surface area contributed by atoms with Crippen LogP contribution in [-0.4, -0.2) is 57.3 Å². The van der Waals surface area contributed by atoms with Crippen molar-refractivity contribution in [1.29, 1.82) is 0 Å². The lowest BCUT2D eigenvalue weighted by atomic mass is 10.2. The fourth-order valence-electron chi connectivity index (χ4n) is 2.71. The van der Waals surface area contributed by atoms with Gasteiger partial charge >= 0.3 is 6.03 Å². The summed E-state index contributed by atoms with van der Waals surface area (Å²) >= 11 is 0. The molecule has 0 aromatic heterocycles. The molecule has 1 heterocycles. The first-order chi connectivity index (χ1) is 12.2. The van der Waals surface area contributed by atoms with Crippen LogP contribution in [0.25, 0.3) is 0 Å². The normalized spacial score (nSPS) is 14.5.